The smallest absolute Gasteiger partial charge is 0.266 e. The van der Waals surface area contributed by atoms with Gasteiger partial charge in [0.25, 0.3) is 5.56 Å². The van der Waals surface area contributed by atoms with E-state index in [1.165, 1.54) is 16.3 Å². The molecule has 5 nitrogen and oxygen atoms in total. The molecule has 0 saturated carbocycles. The summed E-state index contributed by atoms with van der Waals surface area (Å²) < 4.78 is 1.51. The van der Waals surface area contributed by atoms with Gasteiger partial charge < -0.3 is 5.32 Å². The quantitative estimate of drug-likeness (QED) is 0.332. The first-order valence-corrected chi connectivity index (χ1v) is 11.1. The summed E-state index contributed by atoms with van der Waals surface area (Å²) in [6.45, 7) is 1.94. The number of nitrogens with one attached hydrogen (secondary N) is 1. The molecular formula is C24H20ClN3O2S. The first kappa shape index (κ1) is 21.2. The Kier molecular flexibility index (Phi) is 6.39. The van der Waals surface area contributed by atoms with E-state index in [4.69, 9.17) is 11.6 Å². The van der Waals surface area contributed by atoms with Gasteiger partial charge >= 0.3 is 0 Å². The van der Waals surface area contributed by atoms with E-state index >= 15 is 0 Å². The highest BCUT2D eigenvalue weighted by molar-refractivity contribution is 7.99. The Bertz CT molecular complexity index is 1290. The van der Waals surface area contributed by atoms with Crippen LogP contribution in [0.1, 0.15) is 18.5 Å². The van der Waals surface area contributed by atoms with E-state index in [0.29, 0.717) is 26.8 Å². The van der Waals surface area contributed by atoms with Crippen molar-refractivity contribution >= 4 is 40.2 Å². The molecule has 4 rings (SSSR count). The van der Waals surface area contributed by atoms with E-state index in [9.17, 15) is 9.59 Å². The molecule has 0 aliphatic carbocycles. The minimum Gasteiger partial charge on any atom is -0.349 e. The fraction of sp³-hybridized carbons (Fsp3) is 0.125. The molecule has 0 fully saturated rings. The van der Waals surface area contributed by atoms with Gasteiger partial charge in [0.2, 0.25) is 5.91 Å². The van der Waals surface area contributed by atoms with E-state index in [2.05, 4.69) is 10.3 Å². The summed E-state index contributed by atoms with van der Waals surface area (Å²) in [5.41, 5.74) is 2.02. The van der Waals surface area contributed by atoms with E-state index in [-0.39, 0.29) is 23.3 Å². The van der Waals surface area contributed by atoms with Gasteiger partial charge in [0.15, 0.2) is 5.16 Å². The summed E-state index contributed by atoms with van der Waals surface area (Å²) in [7, 11) is 0. The predicted molar refractivity (Wildman–Crippen MR) is 126 cm³/mol. The highest BCUT2D eigenvalue weighted by atomic mass is 35.5. The molecular weight excluding hydrogens is 430 g/mol. The van der Waals surface area contributed by atoms with E-state index < -0.39 is 0 Å². The van der Waals surface area contributed by atoms with Crippen LogP contribution in [0.25, 0.3) is 16.6 Å². The van der Waals surface area contributed by atoms with Gasteiger partial charge in [0, 0.05) is 5.02 Å². The molecule has 0 spiro atoms. The number of amides is 1. The fourth-order valence-electron chi connectivity index (χ4n) is 3.29. The van der Waals surface area contributed by atoms with Crippen LogP contribution in [0.15, 0.2) is 88.8 Å². The van der Waals surface area contributed by atoms with Gasteiger partial charge in [-0.25, -0.2) is 4.98 Å². The molecule has 31 heavy (non-hydrogen) atoms. The number of benzene rings is 3. The molecule has 0 radical (unpaired) electrons. The van der Waals surface area contributed by atoms with Gasteiger partial charge in [-0.15, -0.1) is 0 Å². The molecule has 0 unspecified atom stereocenters. The fourth-order valence-corrected chi connectivity index (χ4v) is 4.30. The van der Waals surface area contributed by atoms with Crippen molar-refractivity contribution in [2.75, 3.05) is 5.75 Å². The van der Waals surface area contributed by atoms with Crippen molar-refractivity contribution in [2.45, 2.75) is 18.1 Å². The van der Waals surface area contributed by atoms with Gasteiger partial charge in [-0.1, -0.05) is 71.9 Å². The molecule has 4 aromatic rings. The third kappa shape index (κ3) is 4.81. The standard InChI is InChI=1S/C24H20ClN3O2S/c1-16(17-8-3-2-4-9-17)26-22(29)15-31-24-27-21-13-6-5-12-20(21)23(30)28(24)19-11-7-10-18(25)14-19/h2-14,16H,15H2,1H3,(H,26,29)/t16-/m1/s1. The zero-order valence-corrected chi connectivity index (χ0v) is 18.4. The largest absolute Gasteiger partial charge is 0.349 e. The zero-order valence-electron chi connectivity index (χ0n) is 16.8. The molecule has 1 N–H and O–H groups in total. The number of nitrogens with zero attached hydrogens (tertiary/aromatic N) is 2. The topological polar surface area (TPSA) is 64.0 Å². The van der Waals surface area contributed by atoms with Crippen LogP contribution < -0.4 is 10.9 Å². The van der Waals surface area contributed by atoms with Crippen molar-refractivity contribution < 1.29 is 4.79 Å². The number of hydrogen-bond acceptors (Lipinski definition) is 4. The first-order valence-electron chi connectivity index (χ1n) is 9.78. The molecule has 1 aromatic heterocycles. The van der Waals surface area contributed by atoms with Gasteiger partial charge in [0.1, 0.15) is 0 Å². The van der Waals surface area contributed by atoms with Gasteiger partial charge in [-0.3, -0.25) is 14.2 Å². The Hall–Kier alpha value is -3.09. The van der Waals surface area contributed by atoms with Crippen molar-refractivity contribution in [3.63, 3.8) is 0 Å². The van der Waals surface area contributed by atoms with E-state index in [1.54, 1.807) is 42.5 Å². The Balaban J connectivity index is 1.63. The van der Waals surface area contributed by atoms with Crippen LogP contribution in [0.5, 0.6) is 0 Å². The molecule has 0 saturated heterocycles. The second kappa shape index (κ2) is 9.37. The number of carbonyl (C=O) groups excluding carboxylic acids is 1. The SMILES string of the molecule is C[C@@H](NC(=O)CSc1nc2ccccc2c(=O)n1-c1cccc(Cl)c1)c1ccccc1. The summed E-state index contributed by atoms with van der Waals surface area (Å²) >= 11 is 7.37. The van der Waals surface area contributed by atoms with Crippen LogP contribution in [-0.2, 0) is 4.79 Å². The monoisotopic (exact) mass is 449 g/mol. The molecule has 156 valence electrons. The lowest BCUT2D eigenvalue weighted by molar-refractivity contribution is -0.119. The van der Waals surface area contributed by atoms with Gasteiger partial charge in [-0.05, 0) is 42.8 Å². The predicted octanol–water partition coefficient (Wildman–Crippen LogP) is 5.01. The summed E-state index contributed by atoms with van der Waals surface area (Å²) in [4.78, 5) is 30.5. The number of hydrogen-bond donors (Lipinski definition) is 1. The molecule has 1 amide bonds. The van der Waals surface area contributed by atoms with Crippen LogP contribution >= 0.6 is 23.4 Å². The highest BCUT2D eigenvalue weighted by Crippen LogP contribution is 2.23. The Morgan fingerprint density at radius 3 is 2.58 bits per heavy atom. The first-order chi connectivity index (χ1) is 15.0. The molecule has 0 aliphatic rings. The highest BCUT2D eigenvalue weighted by Gasteiger charge is 2.16. The number of aromatic nitrogens is 2. The zero-order chi connectivity index (χ0) is 21.8. The number of fused-ring (bicyclic) bond motifs is 1. The second-order valence-electron chi connectivity index (χ2n) is 7.02. The Labute approximate surface area is 189 Å². The molecule has 3 aromatic carbocycles. The minimum atomic E-state index is -0.201. The van der Waals surface area contributed by atoms with E-state index in [1.807, 2.05) is 43.3 Å². The Morgan fingerprint density at radius 1 is 1.06 bits per heavy atom. The number of thioether (sulfide) groups is 1. The maximum Gasteiger partial charge on any atom is 0.266 e. The molecule has 0 aliphatic heterocycles. The lowest BCUT2D eigenvalue weighted by Crippen LogP contribution is -2.29. The van der Waals surface area contributed by atoms with Crippen LogP contribution in [-0.4, -0.2) is 21.2 Å². The lowest BCUT2D eigenvalue weighted by atomic mass is 10.1. The van der Waals surface area contributed by atoms with Crippen molar-refractivity contribution in [1.29, 1.82) is 0 Å². The van der Waals surface area contributed by atoms with Crippen molar-refractivity contribution in [1.82, 2.24) is 14.9 Å². The van der Waals surface area contributed by atoms with E-state index in [0.717, 1.165) is 5.56 Å². The number of rotatable bonds is 6. The average Bonchev–Trinajstić information content (AvgIpc) is 2.78. The maximum atomic E-state index is 13.2. The summed E-state index contributed by atoms with van der Waals surface area (Å²) in [6.07, 6.45) is 0. The van der Waals surface area contributed by atoms with Gasteiger partial charge in [-0.2, -0.15) is 0 Å². The van der Waals surface area contributed by atoms with Crippen molar-refractivity contribution in [3.8, 4) is 5.69 Å². The number of para-hydroxylation sites is 1. The van der Waals surface area contributed by atoms with Crippen LogP contribution in [0, 0.1) is 0 Å². The minimum absolute atomic E-state index is 0.117. The third-order valence-electron chi connectivity index (χ3n) is 4.82. The molecule has 1 heterocycles. The third-order valence-corrected chi connectivity index (χ3v) is 5.99. The molecule has 7 heteroatoms. The average molecular weight is 450 g/mol. The lowest BCUT2D eigenvalue weighted by Gasteiger charge is -2.16. The van der Waals surface area contributed by atoms with Crippen LogP contribution in [0.4, 0.5) is 0 Å². The van der Waals surface area contributed by atoms with Crippen LogP contribution in [0.2, 0.25) is 5.02 Å². The summed E-state index contributed by atoms with van der Waals surface area (Å²) in [5, 5.41) is 4.45. The summed E-state index contributed by atoms with van der Waals surface area (Å²) in [6, 6.07) is 23.9. The number of carbonyl (C=O) groups is 1. The van der Waals surface area contributed by atoms with Crippen LogP contribution in [0.3, 0.4) is 0 Å². The van der Waals surface area contributed by atoms with Crippen molar-refractivity contribution in [2.24, 2.45) is 0 Å². The summed E-state index contributed by atoms with van der Waals surface area (Å²) in [5.74, 6) is -0.0101. The second-order valence-corrected chi connectivity index (χ2v) is 8.40. The normalized spacial score (nSPS) is 11.9. The molecule has 0 bridgehead atoms. The number of halogens is 1. The van der Waals surface area contributed by atoms with Gasteiger partial charge in [0.05, 0.1) is 28.4 Å². The molecule has 1 atom stereocenters. The van der Waals surface area contributed by atoms with Crippen molar-refractivity contribution in [3.05, 3.63) is 99.8 Å². The Morgan fingerprint density at radius 2 is 1.81 bits per heavy atom. The maximum absolute atomic E-state index is 13.2.